The van der Waals surface area contributed by atoms with Crippen LogP contribution >= 0.6 is 7.60 Å². The second-order valence-electron chi connectivity index (χ2n) is 12.1. The standard InChI is InChI=1S/C35H47N4O10P/c1-6-9-11-16-28(29(7-2)39(23-40)49-34(43)38-35(4,5)25-14-12-10-13-15-25)32(41)36-22-37-33(42)31-18-17-30(48-31)24-19-26(47-8-3)21-27(20-24)50(44,45)46/h10,12-15,17-21,23,28-29H,6-9,11,16,22H2,1-5H3,(H,36,41)(H,37,42)(H,38,43)(H2,44,45,46)/t28-,29-/m1/s1. The van der Waals surface area contributed by atoms with Gasteiger partial charge in [-0.3, -0.25) is 18.9 Å². The lowest BCUT2D eigenvalue weighted by Crippen LogP contribution is -2.51. The first-order valence-corrected chi connectivity index (χ1v) is 18.1. The molecule has 2 aromatic carbocycles. The minimum atomic E-state index is -4.61. The van der Waals surface area contributed by atoms with E-state index in [0.717, 1.165) is 23.5 Å². The van der Waals surface area contributed by atoms with E-state index in [-0.39, 0.29) is 35.9 Å². The average molecular weight is 715 g/mol. The zero-order valence-electron chi connectivity index (χ0n) is 29.0. The molecule has 1 heterocycles. The van der Waals surface area contributed by atoms with Gasteiger partial charge < -0.3 is 39.7 Å². The number of amides is 4. The van der Waals surface area contributed by atoms with Gasteiger partial charge in [-0.15, -0.1) is 0 Å². The lowest BCUT2D eigenvalue weighted by molar-refractivity contribution is -0.169. The molecule has 272 valence electrons. The fourth-order valence-electron chi connectivity index (χ4n) is 5.41. The number of carbonyl (C=O) groups excluding carboxylic acids is 4. The third-order valence-electron chi connectivity index (χ3n) is 8.03. The molecule has 0 radical (unpaired) electrons. The highest BCUT2D eigenvalue weighted by atomic mass is 31.2. The number of nitrogens with zero attached hydrogens (tertiary/aromatic N) is 1. The van der Waals surface area contributed by atoms with Crippen molar-refractivity contribution in [3.63, 3.8) is 0 Å². The monoisotopic (exact) mass is 714 g/mol. The van der Waals surface area contributed by atoms with Crippen LogP contribution in [0.15, 0.2) is 65.1 Å². The molecule has 0 bridgehead atoms. The van der Waals surface area contributed by atoms with Crippen molar-refractivity contribution in [2.75, 3.05) is 13.3 Å². The van der Waals surface area contributed by atoms with Gasteiger partial charge in [-0.1, -0.05) is 63.4 Å². The Labute approximate surface area is 292 Å². The summed E-state index contributed by atoms with van der Waals surface area (Å²) >= 11 is 0. The van der Waals surface area contributed by atoms with Crippen molar-refractivity contribution in [1.29, 1.82) is 0 Å². The molecule has 0 unspecified atom stereocenters. The van der Waals surface area contributed by atoms with Gasteiger partial charge in [0.1, 0.15) is 11.5 Å². The summed E-state index contributed by atoms with van der Waals surface area (Å²) in [6, 6.07) is 15.4. The molecule has 5 N–H and O–H groups in total. The Hall–Kier alpha value is -4.65. The van der Waals surface area contributed by atoms with Crippen LogP contribution in [0.25, 0.3) is 11.3 Å². The first kappa shape index (κ1) is 39.8. The largest absolute Gasteiger partial charge is 0.494 e. The topological polar surface area (TPSA) is 197 Å². The van der Waals surface area contributed by atoms with E-state index in [1.165, 1.54) is 30.3 Å². The Kier molecular flexibility index (Phi) is 14.6. The van der Waals surface area contributed by atoms with Gasteiger partial charge in [-0.25, -0.2) is 4.79 Å². The molecule has 1 aromatic heterocycles. The highest BCUT2D eigenvalue weighted by Gasteiger charge is 2.34. The highest BCUT2D eigenvalue weighted by Crippen LogP contribution is 2.37. The zero-order valence-corrected chi connectivity index (χ0v) is 29.9. The van der Waals surface area contributed by atoms with Gasteiger partial charge in [0.05, 0.1) is 36.1 Å². The molecule has 0 saturated carbocycles. The van der Waals surface area contributed by atoms with Gasteiger partial charge in [0.15, 0.2) is 5.76 Å². The Balaban J connectivity index is 1.68. The zero-order chi connectivity index (χ0) is 36.9. The van der Waals surface area contributed by atoms with Crippen LogP contribution < -0.4 is 26.0 Å². The van der Waals surface area contributed by atoms with Crippen LogP contribution in [0.2, 0.25) is 0 Å². The number of rotatable bonds is 19. The summed E-state index contributed by atoms with van der Waals surface area (Å²) in [7, 11) is -4.61. The molecule has 0 aliphatic carbocycles. The number of benzene rings is 2. The van der Waals surface area contributed by atoms with Crippen LogP contribution in [0, 0.1) is 5.92 Å². The number of hydroxylamine groups is 2. The van der Waals surface area contributed by atoms with Gasteiger partial charge in [0.25, 0.3) is 5.91 Å². The Morgan fingerprint density at radius 1 is 1.00 bits per heavy atom. The predicted octanol–water partition coefficient (Wildman–Crippen LogP) is 4.96. The molecule has 0 saturated heterocycles. The van der Waals surface area contributed by atoms with E-state index < -0.39 is 43.0 Å². The van der Waals surface area contributed by atoms with E-state index in [2.05, 4.69) is 16.0 Å². The number of carbonyl (C=O) groups is 4. The van der Waals surface area contributed by atoms with Crippen molar-refractivity contribution in [2.24, 2.45) is 5.92 Å². The highest BCUT2D eigenvalue weighted by molar-refractivity contribution is 7.60. The smallest absolute Gasteiger partial charge is 0.432 e. The first-order valence-electron chi connectivity index (χ1n) is 16.5. The van der Waals surface area contributed by atoms with E-state index in [4.69, 9.17) is 14.0 Å². The second kappa shape index (κ2) is 18.4. The summed E-state index contributed by atoms with van der Waals surface area (Å²) in [4.78, 5) is 76.3. The normalized spacial score (nSPS) is 12.7. The molecular formula is C35H47N4O10P. The SMILES string of the molecule is CCCCC[C@@H](C(=O)NCNC(=O)c1ccc(-c2cc(OCC)cc(P(=O)(O)O)c2)o1)[C@@H](CC)N(C=O)OC(=O)NC(C)(C)c1ccccc1. The van der Waals surface area contributed by atoms with Crippen LogP contribution in [0.1, 0.15) is 82.8 Å². The van der Waals surface area contributed by atoms with E-state index in [1.807, 2.05) is 37.3 Å². The molecule has 2 atom stereocenters. The molecule has 4 amide bonds. The molecule has 0 aliphatic heterocycles. The van der Waals surface area contributed by atoms with Crippen molar-refractivity contribution in [1.82, 2.24) is 21.0 Å². The van der Waals surface area contributed by atoms with Gasteiger partial charge in [0, 0.05) is 5.56 Å². The quantitative estimate of drug-likeness (QED) is 0.0372. The first-order chi connectivity index (χ1) is 23.7. The number of ether oxygens (including phenoxy) is 1. The molecule has 0 spiro atoms. The molecule has 14 nitrogen and oxygen atoms in total. The maximum absolute atomic E-state index is 13.5. The van der Waals surface area contributed by atoms with Crippen molar-refractivity contribution in [3.05, 3.63) is 72.0 Å². The molecule has 3 rings (SSSR count). The second-order valence-corrected chi connectivity index (χ2v) is 13.7. The number of hydrogen-bond donors (Lipinski definition) is 5. The number of furan rings is 1. The number of hydrogen-bond acceptors (Lipinski definition) is 8. The third-order valence-corrected chi connectivity index (χ3v) is 8.96. The molecule has 50 heavy (non-hydrogen) atoms. The summed E-state index contributed by atoms with van der Waals surface area (Å²) in [6.07, 6.45) is 2.64. The maximum atomic E-state index is 13.5. The summed E-state index contributed by atoms with van der Waals surface area (Å²) in [5, 5.41) is 8.62. The van der Waals surface area contributed by atoms with Crippen molar-refractivity contribution < 1.29 is 47.5 Å². The van der Waals surface area contributed by atoms with Crippen LogP contribution in [0.5, 0.6) is 5.75 Å². The van der Waals surface area contributed by atoms with Gasteiger partial charge in [-0.05, 0) is 69.5 Å². The lowest BCUT2D eigenvalue weighted by atomic mass is 9.90. The van der Waals surface area contributed by atoms with Gasteiger partial charge >= 0.3 is 13.7 Å². The molecule has 0 fully saturated rings. The van der Waals surface area contributed by atoms with E-state index >= 15 is 0 Å². The van der Waals surface area contributed by atoms with Crippen LogP contribution in [-0.4, -0.2) is 58.5 Å². The van der Waals surface area contributed by atoms with E-state index in [1.54, 1.807) is 27.7 Å². The van der Waals surface area contributed by atoms with E-state index in [0.29, 0.717) is 31.2 Å². The van der Waals surface area contributed by atoms with Crippen LogP contribution in [0.4, 0.5) is 4.79 Å². The fourth-order valence-corrected chi connectivity index (χ4v) is 6.01. The molecule has 0 aliphatic rings. The van der Waals surface area contributed by atoms with Crippen LogP contribution in [0.3, 0.4) is 0 Å². The van der Waals surface area contributed by atoms with Crippen molar-refractivity contribution >= 4 is 37.2 Å². The summed E-state index contributed by atoms with van der Waals surface area (Å²) in [5.74, 6) is -1.58. The summed E-state index contributed by atoms with van der Waals surface area (Å²) in [5.41, 5.74) is 0.316. The Bertz CT molecular complexity index is 1640. The summed E-state index contributed by atoms with van der Waals surface area (Å²) < 4.78 is 23.0. The van der Waals surface area contributed by atoms with Crippen molar-refractivity contribution in [2.45, 2.75) is 78.3 Å². The van der Waals surface area contributed by atoms with Gasteiger partial charge in [-0.2, -0.15) is 5.06 Å². The molecule has 15 heteroatoms. The predicted molar refractivity (Wildman–Crippen MR) is 186 cm³/mol. The third kappa shape index (κ3) is 11.2. The van der Waals surface area contributed by atoms with Crippen LogP contribution in [-0.2, 0) is 24.5 Å². The molecule has 3 aromatic rings. The Morgan fingerprint density at radius 2 is 1.72 bits per heavy atom. The fraction of sp³-hybridized carbons (Fsp3) is 0.429. The van der Waals surface area contributed by atoms with Gasteiger partial charge in [0.2, 0.25) is 12.3 Å². The lowest BCUT2D eigenvalue weighted by Gasteiger charge is -2.33. The minimum Gasteiger partial charge on any atom is -0.494 e. The minimum absolute atomic E-state index is 0.107. The number of nitrogens with one attached hydrogen (secondary N) is 3. The molecular weight excluding hydrogens is 667 g/mol. The van der Waals surface area contributed by atoms with E-state index in [9.17, 15) is 33.5 Å². The van der Waals surface area contributed by atoms with Crippen molar-refractivity contribution in [3.8, 4) is 17.1 Å². The Morgan fingerprint density at radius 3 is 2.34 bits per heavy atom. The maximum Gasteiger partial charge on any atom is 0.432 e. The average Bonchev–Trinajstić information content (AvgIpc) is 3.58. The number of unbranched alkanes of at least 4 members (excludes halogenated alkanes) is 2. The summed E-state index contributed by atoms with van der Waals surface area (Å²) in [6.45, 7) is 9.12.